The van der Waals surface area contributed by atoms with Gasteiger partial charge in [0.15, 0.2) is 5.65 Å². The van der Waals surface area contributed by atoms with Gasteiger partial charge in [-0.1, -0.05) is 35.3 Å². The maximum absolute atomic E-state index is 10.3. The first-order valence-electron chi connectivity index (χ1n) is 7.63. The van der Waals surface area contributed by atoms with Crippen LogP contribution in [0.15, 0.2) is 54.7 Å². The van der Waals surface area contributed by atoms with Gasteiger partial charge in [0.05, 0.1) is 11.4 Å². The normalized spacial score (nSPS) is 11.2. The highest BCUT2D eigenvalue weighted by Gasteiger charge is 2.14. The summed E-state index contributed by atoms with van der Waals surface area (Å²) in [5.41, 5.74) is 4.52. The van der Waals surface area contributed by atoms with Gasteiger partial charge in [-0.25, -0.2) is 9.50 Å². The van der Waals surface area contributed by atoms with Gasteiger partial charge in [0, 0.05) is 33.4 Å². The van der Waals surface area contributed by atoms with Crippen LogP contribution in [-0.2, 0) is 0 Å². The second-order valence-electron chi connectivity index (χ2n) is 5.76. The fourth-order valence-corrected chi connectivity index (χ4v) is 3.02. The Morgan fingerprint density at radius 2 is 1.76 bits per heavy atom. The molecule has 0 aliphatic heterocycles. The van der Waals surface area contributed by atoms with Crippen LogP contribution in [0.4, 0.5) is 0 Å². The highest BCUT2D eigenvalue weighted by atomic mass is 35.5. The zero-order chi connectivity index (χ0) is 17.6. The van der Waals surface area contributed by atoms with Crippen molar-refractivity contribution in [2.45, 2.75) is 6.92 Å². The molecule has 0 bridgehead atoms. The van der Waals surface area contributed by atoms with Crippen molar-refractivity contribution in [1.82, 2.24) is 14.6 Å². The first-order chi connectivity index (χ1) is 12.0. The Labute approximate surface area is 154 Å². The maximum atomic E-state index is 10.3. The zero-order valence-electron chi connectivity index (χ0n) is 13.2. The number of rotatable bonds is 2. The summed E-state index contributed by atoms with van der Waals surface area (Å²) < 4.78 is 1.70. The molecule has 4 aromatic rings. The van der Waals surface area contributed by atoms with Crippen LogP contribution in [-0.4, -0.2) is 19.7 Å². The highest BCUT2D eigenvalue weighted by Crippen LogP contribution is 2.34. The number of fused-ring (bicyclic) bond motifs is 1. The second kappa shape index (κ2) is 6.06. The molecule has 0 saturated carbocycles. The summed E-state index contributed by atoms with van der Waals surface area (Å²) in [6.45, 7) is 1.85. The average molecular weight is 370 g/mol. The SMILES string of the molecule is Cc1cc(O)c(-c2ccnc3cc(-c4ccc(Cl)cc4)nn23)cc1Cl. The maximum Gasteiger partial charge on any atom is 0.156 e. The van der Waals surface area contributed by atoms with Crippen molar-refractivity contribution in [3.8, 4) is 28.3 Å². The third-order valence-corrected chi connectivity index (χ3v) is 4.71. The number of phenols is 1. The summed E-state index contributed by atoms with van der Waals surface area (Å²) >= 11 is 12.2. The number of aryl methyl sites for hydroxylation is 1. The summed E-state index contributed by atoms with van der Waals surface area (Å²) in [5, 5.41) is 16.2. The van der Waals surface area contributed by atoms with E-state index in [2.05, 4.69) is 10.1 Å². The number of hydrogen-bond acceptors (Lipinski definition) is 3. The fraction of sp³-hybridized carbons (Fsp3) is 0.0526. The Morgan fingerprint density at radius 3 is 2.52 bits per heavy atom. The van der Waals surface area contributed by atoms with Crippen molar-refractivity contribution < 1.29 is 5.11 Å². The molecule has 0 saturated heterocycles. The molecule has 0 fully saturated rings. The predicted octanol–water partition coefficient (Wildman–Crippen LogP) is 5.38. The summed E-state index contributed by atoms with van der Waals surface area (Å²) in [6.07, 6.45) is 1.69. The van der Waals surface area contributed by atoms with Crippen LogP contribution in [0.1, 0.15) is 5.56 Å². The smallest absolute Gasteiger partial charge is 0.156 e. The predicted molar refractivity (Wildman–Crippen MR) is 100 cm³/mol. The van der Waals surface area contributed by atoms with Crippen LogP contribution in [0.2, 0.25) is 10.0 Å². The number of aromatic nitrogens is 3. The molecule has 1 N–H and O–H groups in total. The number of aromatic hydroxyl groups is 1. The summed E-state index contributed by atoms with van der Waals surface area (Å²) in [5.74, 6) is 0.151. The molecule has 0 unspecified atom stereocenters. The quantitative estimate of drug-likeness (QED) is 0.515. The van der Waals surface area contributed by atoms with Crippen LogP contribution in [0.25, 0.3) is 28.2 Å². The molecule has 2 heterocycles. The van der Waals surface area contributed by atoms with Crippen LogP contribution >= 0.6 is 23.2 Å². The van der Waals surface area contributed by atoms with Gasteiger partial charge >= 0.3 is 0 Å². The monoisotopic (exact) mass is 369 g/mol. The molecule has 2 aromatic heterocycles. The molecule has 4 rings (SSSR count). The lowest BCUT2D eigenvalue weighted by Gasteiger charge is -2.09. The van der Waals surface area contributed by atoms with Gasteiger partial charge in [-0.15, -0.1) is 0 Å². The summed E-state index contributed by atoms with van der Waals surface area (Å²) in [4.78, 5) is 4.36. The van der Waals surface area contributed by atoms with E-state index >= 15 is 0 Å². The Bertz CT molecular complexity index is 1090. The molecule has 25 heavy (non-hydrogen) atoms. The number of nitrogens with zero attached hydrogens (tertiary/aromatic N) is 3. The second-order valence-corrected chi connectivity index (χ2v) is 6.60. The van der Waals surface area contributed by atoms with Crippen LogP contribution in [0.5, 0.6) is 5.75 Å². The Hall–Kier alpha value is -2.56. The molecule has 0 aliphatic rings. The first kappa shape index (κ1) is 15.9. The van der Waals surface area contributed by atoms with Crippen molar-refractivity contribution in [3.05, 3.63) is 70.3 Å². The first-order valence-corrected chi connectivity index (χ1v) is 8.39. The van der Waals surface area contributed by atoms with E-state index in [-0.39, 0.29) is 5.75 Å². The standard InChI is InChI=1S/C19H13Cl2N3O/c1-11-8-18(25)14(9-15(11)21)17-6-7-22-19-10-16(23-24(17)19)12-2-4-13(20)5-3-12/h2-10,25H,1H3. The number of benzene rings is 2. The molecule has 0 radical (unpaired) electrons. The molecule has 4 nitrogen and oxygen atoms in total. The molecule has 6 heteroatoms. The van der Waals surface area contributed by atoms with E-state index in [0.717, 1.165) is 16.8 Å². The van der Waals surface area contributed by atoms with Gasteiger partial charge in [-0.2, -0.15) is 5.10 Å². The van der Waals surface area contributed by atoms with Gasteiger partial charge in [0.1, 0.15) is 5.75 Å². The lowest BCUT2D eigenvalue weighted by Crippen LogP contribution is -1.96. The van der Waals surface area contributed by atoms with E-state index in [4.69, 9.17) is 23.2 Å². The van der Waals surface area contributed by atoms with E-state index in [1.165, 1.54) is 0 Å². The van der Waals surface area contributed by atoms with E-state index in [0.29, 0.717) is 26.9 Å². The third-order valence-electron chi connectivity index (χ3n) is 4.05. The Balaban J connectivity index is 1.91. The van der Waals surface area contributed by atoms with Gasteiger partial charge < -0.3 is 5.11 Å². The van der Waals surface area contributed by atoms with E-state index in [1.54, 1.807) is 28.9 Å². The average Bonchev–Trinajstić information content (AvgIpc) is 3.03. The zero-order valence-corrected chi connectivity index (χ0v) is 14.8. The van der Waals surface area contributed by atoms with Crippen LogP contribution in [0.3, 0.4) is 0 Å². The molecule has 124 valence electrons. The minimum absolute atomic E-state index is 0.151. The van der Waals surface area contributed by atoms with Crippen LogP contribution in [0, 0.1) is 6.92 Å². The van der Waals surface area contributed by atoms with Crippen molar-refractivity contribution in [1.29, 1.82) is 0 Å². The molecule has 0 spiro atoms. The van der Waals surface area contributed by atoms with E-state index in [9.17, 15) is 5.11 Å². The summed E-state index contributed by atoms with van der Waals surface area (Å²) in [7, 11) is 0. The molecule has 2 aromatic carbocycles. The Morgan fingerprint density at radius 1 is 1.00 bits per heavy atom. The molecular weight excluding hydrogens is 357 g/mol. The Kier molecular flexibility index (Phi) is 3.86. The van der Waals surface area contributed by atoms with Gasteiger partial charge in [-0.05, 0) is 42.8 Å². The molecule has 0 atom stereocenters. The minimum Gasteiger partial charge on any atom is -0.507 e. The van der Waals surface area contributed by atoms with Crippen molar-refractivity contribution in [2.24, 2.45) is 0 Å². The number of halogens is 2. The molecule has 0 amide bonds. The van der Waals surface area contributed by atoms with Crippen molar-refractivity contribution in [3.63, 3.8) is 0 Å². The lowest BCUT2D eigenvalue weighted by molar-refractivity contribution is 0.476. The third kappa shape index (κ3) is 2.84. The number of hydrogen-bond donors (Lipinski definition) is 1. The number of phenolic OH excluding ortho intramolecular Hbond substituents is 1. The highest BCUT2D eigenvalue weighted by molar-refractivity contribution is 6.31. The van der Waals surface area contributed by atoms with Crippen molar-refractivity contribution >= 4 is 28.8 Å². The minimum atomic E-state index is 0.151. The largest absolute Gasteiger partial charge is 0.507 e. The fourth-order valence-electron chi connectivity index (χ4n) is 2.73. The lowest BCUT2D eigenvalue weighted by atomic mass is 10.1. The van der Waals surface area contributed by atoms with Crippen LogP contribution < -0.4 is 0 Å². The molecular formula is C19H13Cl2N3O. The summed E-state index contributed by atoms with van der Waals surface area (Å²) in [6, 6.07) is 14.5. The van der Waals surface area contributed by atoms with Gasteiger partial charge in [0.25, 0.3) is 0 Å². The topological polar surface area (TPSA) is 50.4 Å². The van der Waals surface area contributed by atoms with Crippen molar-refractivity contribution in [2.75, 3.05) is 0 Å². The molecule has 0 aliphatic carbocycles. The van der Waals surface area contributed by atoms with Gasteiger partial charge in [0.2, 0.25) is 0 Å². The van der Waals surface area contributed by atoms with E-state index < -0.39 is 0 Å². The van der Waals surface area contributed by atoms with E-state index in [1.807, 2.05) is 37.3 Å². The van der Waals surface area contributed by atoms with Gasteiger partial charge in [-0.3, -0.25) is 0 Å².